The molecule has 2 unspecified atom stereocenters. The quantitative estimate of drug-likeness (QED) is 0.602. The molecule has 2 saturated heterocycles. The zero-order valence-electron chi connectivity index (χ0n) is 20.4. The van der Waals surface area contributed by atoms with Crippen LogP contribution in [0.25, 0.3) is 22.0 Å². The summed E-state index contributed by atoms with van der Waals surface area (Å²) in [6, 6.07) is 17.8. The van der Waals surface area contributed by atoms with E-state index in [0.29, 0.717) is 22.0 Å². The summed E-state index contributed by atoms with van der Waals surface area (Å²) >= 11 is 0. The highest BCUT2D eigenvalue weighted by atomic mass is 16.6. The van der Waals surface area contributed by atoms with Crippen molar-refractivity contribution < 1.29 is 9.53 Å². The number of nitrogens with one attached hydrogen (secondary N) is 1. The number of aromatic amines is 1. The Hall–Kier alpha value is -3.63. The van der Waals surface area contributed by atoms with E-state index in [2.05, 4.69) is 28.1 Å². The van der Waals surface area contributed by atoms with Crippen molar-refractivity contribution in [1.29, 1.82) is 5.26 Å². The number of benzene rings is 2. The van der Waals surface area contributed by atoms with Crippen LogP contribution in [0.15, 0.2) is 53.3 Å². The Morgan fingerprint density at radius 3 is 2.40 bits per heavy atom. The van der Waals surface area contributed by atoms with Crippen LogP contribution in [0.3, 0.4) is 0 Å². The molecule has 5 rings (SSSR count). The summed E-state index contributed by atoms with van der Waals surface area (Å²) in [7, 11) is 0. The molecule has 3 heterocycles. The van der Waals surface area contributed by atoms with Crippen LogP contribution in [0.5, 0.6) is 0 Å². The first-order valence-electron chi connectivity index (χ1n) is 12.1. The SMILES string of the molecule is CC(C)(C)OC(=O)N1C2CCC1CN(Cc1ccc(-c3cc4c(C#N)cccc4c(=O)[nH]3)cc1)C2. The molecule has 1 N–H and O–H groups in total. The van der Waals surface area contributed by atoms with Gasteiger partial charge in [-0.25, -0.2) is 4.79 Å². The Balaban J connectivity index is 1.29. The van der Waals surface area contributed by atoms with Gasteiger partial charge in [-0.3, -0.25) is 14.6 Å². The first kappa shape index (κ1) is 23.1. The number of nitrogens with zero attached hydrogens (tertiary/aromatic N) is 3. The molecule has 2 atom stereocenters. The van der Waals surface area contributed by atoms with Gasteiger partial charge in [-0.15, -0.1) is 0 Å². The minimum atomic E-state index is -0.485. The summed E-state index contributed by atoms with van der Waals surface area (Å²) in [5, 5.41) is 10.6. The summed E-state index contributed by atoms with van der Waals surface area (Å²) in [6.07, 6.45) is 1.83. The van der Waals surface area contributed by atoms with Crippen molar-refractivity contribution in [2.24, 2.45) is 0 Å². The number of ether oxygens (including phenoxy) is 1. The van der Waals surface area contributed by atoms with E-state index in [0.717, 1.165) is 38.0 Å². The third-order valence-corrected chi connectivity index (χ3v) is 6.84. The van der Waals surface area contributed by atoms with Crippen molar-refractivity contribution in [2.75, 3.05) is 13.1 Å². The van der Waals surface area contributed by atoms with Crippen molar-refractivity contribution in [1.82, 2.24) is 14.8 Å². The normalized spacial score (nSPS) is 20.1. The fraction of sp³-hybridized carbons (Fsp3) is 0.393. The second-order valence-corrected chi connectivity index (χ2v) is 10.6. The highest BCUT2D eigenvalue weighted by Gasteiger charge is 2.44. The van der Waals surface area contributed by atoms with E-state index < -0.39 is 5.60 Å². The highest BCUT2D eigenvalue weighted by Crippen LogP contribution is 2.32. The van der Waals surface area contributed by atoms with Gasteiger partial charge in [0.05, 0.1) is 11.6 Å². The number of pyridine rings is 1. The molecule has 3 aromatic rings. The number of likely N-dealkylation sites (tertiary alicyclic amines) is 1. The van der Waals surface area contributed by atoms with E-state index in [9.17, 15) is 14.9 Å². The number of nitriles is 1. The fourth-order valence-corrected chi connectivity index (χ4v) is 5.32. The lowest BCUT2D eigenvalue weighted by Crippen LogP contribution is -2.56. The molecule has 7 heteroatoms. The van der Waals surface area contributed by atoms with Crippen LogP contribution in [0.4, 0.5) is 4.79 Å². The van der Waals surface area contributed by atoms with Crippen LogP contribution < -0.4 is 5.56 Å². The Kier molecular flexibility index (Phi) is 5.86. The third-order valence-electron chi connectivity index (χ3n) is 6.84. The van der Waals surface area contributed by atoms with Crippen molar-refractivity contribution in [3.8, 4) is 17.3 Å². The van der Waals surface area contributed by atoms with E-state index in [4.69, 9.17) is 4.74 Å². The van der Waals surface area contributed by atoms with Crippen LogP contribution in [-0.2, 0) is 11.3 Å². The fourth-order valence-electron chi connectivity index (χ4n) is 5.32. The Labute approximate surface area is 204 Å². The van der Waals surface area contributed by atoms with Crippen molar-refractivity contribution >= 4 is 16.9 Å². The smallest absolute Gasteiger partial charge is 0.410 e. The van der Waals surface area contributed by atoms with Gasteiger partial charge in [0.15, 0.2) is 0 Å². The first-order valence-corrected chi connectivity index (χ1v) is 12.1. The minimum Gasteiger partial charge on any atom is -0.444 e. The third kappa shape index (κ3) is 4.67. The predicted molar refractivity (Wildman–Crippen MR) is 135 cm³/mol. The van der Waals surface area contributed by atoms with Gasteiger partial charge in [-0.2, -0.15) is 5.26 Å². The number of carbonyl (C=O) groups excluding carboxylic acids is 1. The molecule has 180 valence electrons. The molecule has 2 fully saturated rings. The molecule has 2 bridgehead atoms. The molecule has 1 amide bonds. The van der Waals surface area contributed by atoms with Gasteiger partial charge in [0, 0.05) is 48.2 Å². The molecule has 0 saturated carbocycles. The van der Waals surface area contributed by atoms with Crippen molar-refractivity contribution in [3.05, 3.63) is 70.0 Å². The molecular weight excluding hydrogens is 440 g/mol. The van der Waals surface area contributed by atoms with Crippen LogP contribution in [-0.4, -0.2) is 51.7 Å². The Morgan fingerprint density at radius 2 is 1.77 bits per heavy atom. The van der Waals surface area contributed by atoms with Crippen LogP contribution in [0, 0.1) is 11.3 Å². The molecule has 0 aliphatic carbocycles. The highest BCUT2D eigenvalue weighted by molar-refractivity contribution is 5.89. The number of H-pyrrole nitrogens is 1. The van der Waals surface area contributed by atoms with Crippen molar-refractivity contribution in [3.63, 3.8) is 0 Å². The largest absolute Gasteiger partial charge is 0.444 e. The van der Waals surface area contributed by atoms with Crippen molar-refractivity contribution in [2.45, 2.75) is 57.8 Å². The number of carbonyl (C=O) groups is 1. The second-order valence-electron chi connectivity index (χ2n) is 10.6. The lowest BCUT2D eigenvalue weighted by molar-refractivity contribution is -0.00542. The van der Waals surface area contributed by atoms with Gasteiger partial charge >= 0.3 is 6.09 Å². The number of aromatic nitrogens is 1. The lowest BCUT2D eigenvalue weighted by Gasteiger charge is -2.41. The van der Waals surface area contributed by atoms with E-state index in [1.807, 2.05) is 43.9 Å². The van der Waals surface area contributed by atoms with Gasteiger partial charge in [0.2, 0.25) is 0 Å². The van der Waals surface area contributed by atoms with Crippen LogP contribution >= 0.6 is 0 Å². The number of hydrogen-bond acceptors (Lipinski definition) is 5. The standard InChI is InChI=1S/C28H30N4O3/c1-28(2,3)35-27(34)32-21-11-12-22(32)17-31(16-21)15-18-7-9-19(10-8-18)25-13-24-20(14-29)5-4-6-23(24)26(33)30-25/h4-10,13,21-22H,11-12,15-17H2,1-3H3,(H,30,33). The van der Waals surface area contributed by atoms with Gasteiger partial charge < -0.3 is 9.72 Å². The Bertz CT molecular complexity index is 1350. The summed E-state index contributed by atoms with van der Waals surface area (Å²) < 4.78 is 5.64. The monoisotopic (exact) mass is 470 g/mol. The average molecular weight is 471 g/mol. The predicted octanol–water partition coefficient (Wildman–Crippen LogP) is 4.65. The zero-order chi connectivity index (χ0) is 24.7. The summed E-state index contributed by atoms with van der Waals surface area (Å²) in [4.78, 5) is 32.6. The molecule has 2 aliphatic heterocycles. The van der Waals surface area contributed by atoms with E-state index in [1.54, 1.807) is 18.2 Å². The molecule has 0 spiro atoms. The first-order chi connectivity index (χ1) is 16.7. The topological polar surface area (TPSA) is 89.4 Å². The maximum Gasteiger partial charge on any atom is 0.410 e. The number of piperazine rings is 1. The van der Waals surface area contributed by atoms with Gasteiger partial charge in [-0.1, -0.05) is 30.3 Å². The summed E-state index contributed by atoms with van der Waals surface area (Å²) in [6.45, 7) is 8.20. The van der Waals surface area contributed by atoms with Crippen LogP contribution in [0.2, 0.25) is 0 Å². The number of rotatable bonds is 3. The van der Waals surface area contributed by atoms with E-state index >= 15 is 0 Å². The maximum absolute atomic E-state index is 12.7. The average Bonchev–Trinajstić information content (AvgIpc) is 3.09. The zero-order valence-corrected chi connectivity index (χ0v) is 20.4. The lowest BCUT2D eigenvalue weighted by atomic mass is 10.0. The number of fused-ring (bicyclic) bond motifs is 3. The van der Waals surface area contributed by atoms with Gasteiger partial charge in [0.1, 0.15) is 5.60 Å². The molecule has 1 aromatic heterocycles. The molecule has 2 aromatic carbocycles. The van der Waals surface area contributed by atoms with Gasteiger partial charge in [0.25, 0.3) is 5.56 Å². The molecule has 0 radical (unpaired) electrons. The van der Waals surface area contributed by atoms with Crippen LogP contribution in [0.1, 0.15) is 44.7 Å². The second kappa shape index (κ2) is 8.86. The molecule has 2 aliphatic rings. The van der Waals surface area contributed by atoms with E-state index in [1.165, 1.54) is 5.56 Å². The molecular formula is C28H30N4O3. The van der Waals surface area contributed by atoms with E-state index in [-0.39, 0.29) is 23.7 Å². The number of amides is 1. The summed E-state index contributed by atoms with van der Waals surface area (Å²) in [5.41, 5.74) is 2.58. The number of hydrogen-bond donors (Lipinski definition) is 1. The summed E-state index contributed by atoms with van der Waals surface area (Å²) in [5.74, 6) is 0. The molecule has 7 nitrogen and oxygen atoms in total. The minimum absolute atomic E-state index is 0.194. The molecule has 35 heavy (non-hydrogen) atoms. The Morgan fingerprint density at radius 1 is 1.09 bits per heavy atom. The van der Waals surface area contributed by atoms with Gasteiger partial charge in [-0.05, 0) is 62.9 Å². The maximum atomic E-state index is 12.7.